The van der Waals surface area contributed by atoms with Gasteiger partial charge in [0.15, 0.2) is 0 Å². The van der Waals surface area contributed by atoms with E-state index >= 15 is 0 Å². The van der Waals surface area contributed by atoms with Gasteiger partial charge >= 0.3 is 5.97 Å². The van der Waals surface area contributed by atoms with Gasteiger partial charge in [-0.1, -0.05) is 12.8 Å². The van der Waals surface area contributed by atoms with Crippen molar-refractivity contribution in [2.24, 2.45) is 0 Å². The van der Waals surface area contributed by atoms with Crippen molar-refractivity contribution in [2.45, 2.75) is 31.3 Å². The highest BCUT2D eigenvalue weighted by Crippen LogP contribution is 2.29. The number of aliphatic hydroxyl groups is 1. The smallest absolute Gasteiger partial charge is 0.331 e. The molecule has 1 N–H and O–H groups in total. The maximum Gasteiger partial charge on any atom is 0.331 e. The van der Waals surface area contributed by atoms with Crippen molar-refractivity contribution >= 4 is 5.97 Å². The highest BCUT2D eigenvalue weighted by atomic mass is 16.5. The van der Waals surface area contributed by atoms with Gasteiger partial charge in [-0.05, 0) is 12.8 Å². The minimum absolute atomic E-state index is 0.375. The molecule has 0 heterocycles. The third-order valence-electron chi connectivity index (χ3n) is 2.74. The standard InChI is InChI=1S/C11H19NO3/c1-12(8-5-10(13)15-2)9-11(14)6-3-4-7-11/h5,8,14H,3-4,6-7,9H2,1-2H3/b8-5+. The Hall–Kier alpha value is -1.03. The van der Waals surface area contributed by atoms with Gasteiger partial charge in [0.1, 0.15) is 0 Å². The van der Waals surface area contributed by atoms with Crippen LogP contribution in [-0.4, -0.2) is 42.3 Å². The summed E-state index contributed by atoms with van der Waals surface area (Å²) in [4.78, 5) is 12.7. The highest BCUT2D eigenvalue weighted by Gasteiger charge is 2.31. The Labute approximate surface area is 90.5 Å². The second kappa shape index (κ2) is 5.16. The summed E-state index contributed by atoms with van der Waals surface area (Å²) in [6, 6.07) is 0. The van der Waals surface area contributed by atoms with Gasteiger partial charge in [-0.3, -0.25) is 0 Å². The number of hydrogen-bond acceptors (Lipinski definition) is 4. The lowest BCUT2D eigenvalue weighted by Gasteiger charge is -2.27. The summed E-state index contributed by atoms with van der Waals surface area (Å²) >= 11 is 0. The van der Waals surface area contributed by atoms with Crippen LogP contribution in [0.2, 0.25) is 0 Å². The number of hydrogen-bond donors (Lipinski definition) is 1. The Morgan fingerprint density at radius 3 is 2.67 bits per heavy atom. The molecule has 0 aliphatic heterocycles. The second-order valence-corrected chi connectivity index (χ2v) is 4.19. The van der Waals surface area contributed by atoms with E-state index in [-0.39, 0.29) is 5.97 Å². The number of nitrogens with zero attached hydrogens (tertiary/aromatic N) is 1. The molecule has 1 saturated carbocycles. The molecule has 0 aromatic carbocycles. The molecule has 0 saturated heterocycles. The van der Waals surface area contributed by atoms with Gasteiger partial charge < -0.3 is 14.7 Å². The molecule has 0 amide bonds. The number of likely N-dealkylation sites (N-methyl/N-ethyl adjacent to an activating group) is 1. The monoisotopic (exact) mass is 213 g/mol. The molecule has 15 heavy (non-hydrogen) atoms. The van der Waals surface area contributed by atoms with Crippen LogP contribution in [0.1, 0.15) is 25.7 Å². The van der Waals surface area contributed by atoms with Crippen LogP contribution in [0.3, 0.4) is 0 Å². The van der Waals surface area contributed by atoms with Crippen molar-refractivity contribution in [2.75, 3.05) is 20.7 Å². The number of carbonyl (C=O) groups is 1. The van der Waals surface area contributed by atoms with Crippen LogP contribution in [0.15, 0.2) is 12.3 Å². The van der Waals surface area contributed by atoms with E-state index in [1.165, 1.54) is 13.2 Å². The first-order valence-electron chi connectivity index (χ1n) is 5.24. The minimum Gasteiger partial charge on any atom is -0.466 e. The summed E-state index contributed by atoms with van der Waals surface area (Å²) in [6.07, 6.45) is 6.88. The Kier molecular flexibility index (Phi) is 4.15. The summed E-state index contributed by atoms with van der Waals surface area (Å²) in [5, 5.41) is 10.1. The number of carbonyl (C=O) groups excluding carboxylic acids is 1. The van der Waals surface area contributed by atoms with E-state index in [2.05, 4.69) is 4.74 Å². The first kappa shape index (κ1) is 12.0. The van der Waals surface area contributed by atoms with Crippen LogP contribution in [0.25, 0.3) is 0 Å². The lowest BCUT2D eigenvalue weighted by molar-refractivity contribution is -0.134. The fraction of sp³-hybridized carbons (Fsp3) is 0.727. The molecule has 86 valence electrons. The lowest BCUT2D eigenvalue weighted by atomic mass is 10.0. The van der Waals surface area contributed by atoms with Gasteiger partial charge in [0, 0.05) is 25.9 Å². The van der Waals surface area contributed by atoms with Gasteiger partial charge in [0.25, 0.3) is 0 Å². The Bertz CT molecular complexity index is 244. The largest absolute Gasteiger partial charge is 0.466 e. The van der Waals surface area contributed by atoms with Gasteiger partial charge in [0.05, 0.1) is 12.7 Å². The van der Waals surface area contributed by atoms with Crippen LogP contribution in [0.4, 0.5) is 0 Å². The third-order valence-corrected chi connectivity index (χ3v) is 2.74. The van der Waals surface area contributed by atoms with Crippen LogP contribution < -0.4 is 0 Å². The number of ether oxygens (including phenoxy) is 1. The predicted molar refractivity (Wildman–Crippen MR) is 57.2 cm³/mol. The maximum atomic E-state index is 10.8. The summed E-state index contributed by atoms with van der Waals surface area (Å²) in [5.74, 6) is -0.375. The fourth-order valence-electron chi connectivity index (χ4n) is 1.96. The molecule has 0 unspecified atom stereocenters. The Balaban J connectivity index is 2.38. The Morgan fingerprint density at radius 2 is 2.13 bits per heavy atom. The molecular weight excluding hydrogens is 194 g/mol. The average molecular weight is 213 g/mol. The topological polar surface area (TPSA) is 49.8 Å². The van der Waals surface area contributed by atoms with Crippen molar-refractivity contribution < 1.29 is 14.6 Å². The molecule has 4 heteroatoms. The molecule has 0 bridgehead atoms. The molecule has 0 atom stereocenters. The molecule has 0 aromatic heterocycles. The van der Waals surface area contributed by atoms with Crippen LogP contribution in [0.5, 0.6) is 0 Å². The molecule has 0 spiro atoms. The van der Waals surface area contributed by atoms with Crippen molar-refractivity contribution in [1.29, 1.82) is 0 Å². The predicted octanol–water partition coefficient (Wildman–Crippen LogP) is 0.910. The normalized spacial score (nSPS) is 19.4. The zero-order chi connectivity index (χ0) is 11.3. The summed E-state index contributed by atoms with van der Waals surface area (Å²) in [5.41, 5.74) is -0.574. The zero-order valence-electron chi connectivity index (χ0n) is 9.40. The zero-order valence-corrected chi connectivity index (χ0v) is 9.40. The van der Waals surface area contributed by atoms with E-state index in [1.807, 2.05) is 11.9 Å². The van der Waals surface area contributed by atoms with Crippen molar-refractivity contribution in [3.05, 3.63) is 12.3 Å². The van der Waals surface area contributed by atoms with Crippen molar-refractivity contribution in [3.63, 3.8) is 0 Å². The van der Waals surface area contributed by atoms with E-state index in [0.29, 0.717) is 6.54 Å². The second-order valence-electron chi connectivity index (χ2n) is 4.19. The highest BCUT2D eigenvalue weighted by molar-refractivity contribution is 5.81. The van der Waals surface area contributed by atoms with E-state index in [9.17, 15) is 9.90 Å². The summed E-state index contributed by atoms with van der Waals surface area (Å²) < 4.78 is 4.48. The van der Waals surface area contributed by atoms with E-state index in [1.54, 1.807) is 6.20 Å². The van der Waals surface area contributed by atoms with Crippen molar-refractivity contribution in [1.82, 2.24) is 4.90 Å². The molecule has 0 aromatic rings. The molecule has 1 aliphatic rings. The van der Waals surface area contributed by atoms with E-state index in [4.69, 9.17) is 0 Å². The van der Waals surface area contributed by atoms with Gasteiger partial charge in [-0.25, -0.2) is 4.79 Å². The third kappa shape index (κ3) is 3.91. The number of methoxy groups -OCH3 is 1. The summed E-state index contributed by atoms with van der Waals surface area (Å²) in [6.45, 7) is 0.570. The molecule has 0 radical (unpaired) electrons. The van der Waals surface area contributed by atoms with Gasteiger partial charge in [-0.15, -0.1) is 0 Å². The lowest BCUT2D eigenvalue weighted by Crippen LogP contribution is -2.36. The molecule has 1 aliphatic carbocycles. The molecule has 1 fully saturated rings. The van der Waals surface area contributed by atoms with E-state index in [0.717, 1.165) is 25.7 Å². The minimum atomic E-state index is -0.574. The SMILES string of the molecule is COC(=O)/C=C/N(C)CC1(O)CCCC1. The molecular formula is C11H19NO3. The van der Waals surface area contributed by atoms with Crippen LogP contribution in [0, 0.1) is 0 Å². The summed E-state index contributed by atoms with van der Waals surface area (Å²) in [7, 11) is 3.19. The quantitative estimate of drug-likeness (QED) is 0.557. The van der Waals surface area contributed by atoms with Crippen molar-refractivity contribution in [3.8, 4) is 0 Å². The first-order valence-corrected chi connectivity index (χ1v) is 5.24. The average Bonchev–Trinajstić information content (AvgIpc) is 2.61. The van der Waals surface area contributed by atoms with Crippen LogP contribution >= 0.6 is 0 Å². The fourth-order valence-corrected chi connectivity index (χ4v) is 1.96. The van der Waals surface area contributed by atoms with Gasteiger partial charge in [-0.2, -0.15) is 0 Å². The first-order chi connectivity index (χ1) is 7.06. The maximum absolute atomic E-state index is 10.8. The molecule has 1 rings (SSSR count). The number of esters is 1. The molecule has 4 nitrogen and oxygen atoms in total. The van der Waals surface area contributed by atoms with Gasteiger partial charge in [0.2, 0.25) is 0 Å². The Morgan fingerprint density at radius 1 is 1.53 bits per heavy atom. The number of rotatable bonds is 4. The van der Waals surface area contributed by atoms with E-state index < -0.39 is 5.60 Å². The van der Waals surface area contributed by atoms with Crippen LogP contribution in [-0.2, 0) is 9.53 Å².